The van der Waals surface area contributed by atoms with Gasteiger partial charge in [0, 0.05) is 31.7 Å². The Bertz CT molecular complexity index is 1920. The number of hydrogen-bond donors (Lipinski definition) is 6. The van der Waals surface area contributed by atoms with Crippen LogP contribution in [0.1, 0.15) is 26.0 Å². The smallest absolute Gasteiger partial charge is 0.418 e. The van der Waals surface area contributed by atoms with E-state index in [2.05, 4.69) is 24.7 Å². The van der Waals surface area contributed by atoms with Crippen LogP contribution in [0.4, 0.5) is 5.13 Å². The molecule has 3 heterocycles. The zero-order chi connectivity index (χ0) is 36.8. The summed E-state index contributed by atoms with van der Waals surface area (Å²) < 4.78 is 45.1. The number of anilines is 1. The number of thiazole rings is 1. The van der Waals surface area contributed by atoms with Gasteiger partial charge in [-0.2, -0.15) is 13.5 Å². The first-order chi connectivity index (χ1) is 23.6. The van der Waals surface area contributed by atoms with Crippen molar-refractivity contribution >= 4 is 50.4 Å². The number of aromatic nitrogens is 3. The van der Waals surface area contributed by atoms with Crippen LogP contribution in [0.25, 0.3) is 11.3 Å². The first-order valence-corrected chi connectivity index (χ1v) is 17.2. The van der Waals surface area contributed by atoms with E-state index in [9.17, 15) is 27.9 Å². The molecule has 0 spiro atoms. The molecule has 50 heavy (non-hydrogen) atoms. The number of amides is 2. The highest BCUT2D eigenvalue weighted by Gasteiger charge is 2.58. The number of nitrogens with two attached hydrogens (primary N) is 3. The second-order valence-corrected chi connectivity index (χ2v) is 13.2. The zero-order valence-electron chi connectivity index (χ0n) is 27.3. The quantitative estimate of drug-likeness (QED) is 0.0412. The SMILES string of the molecule is Cn1c(-c2ccc(OCC(ON=C(C(=O)NC3C(=O)N(OS(=O)(=O)O)C3(C)C)c3csc(N)n3)C(=O)O)cc2)cn(CCCN)/c1=N/CCN. The number of carboxylic acids is 1. The minimum Gasteiger partial charge on any atom is -0.489 e. The van der Waals surface area contributed by atoms with Gasteiger partial charge in [-0.05, 0) is 56.6 Å². The van der Waals surface area contributed by atoms with Gasteiger partial charge in [0.1, 0.15) is 24.1 Å². The maximum Gasteiger partial charge on any atom is 0.418 e. The highest BCUT2D eigenvalue weighted by Crippen LogP contribution is 2.33. The average Bonchev–Trinajstić information content (AvgIpc) is 3.63. The van der Waals surface area contributed by atoms with E-state index in [0.29, 0.717) is 37.0 Å². The normalized spacial score (nSPS) is 17.0. The number of β-lactam (4-membered cyclic amide) rings is 1. The van der Waals surface area contributed by atoms with E-state index in [1.165, 1.54) is 19.2 Å². The molecule has 1 aromatic carbocycles. The number of carbonyl (C=O) groups is 3. The van der Waals surface area contributed by atoms with Crippen molar-refractivity contribution in [3.8, 4) is 17.0 Å². The zero-order valence-corrected chi connectivity index (χ0v) is 28.9. The van der Waals surface area contributed by atoms with Crippen LogP contribution < -0.4 is 32.9 Å². The lowest BCUT2D eigenvalue weighted by molar-refractivity contribution is -0.218. The number of ether oxygens (including phenoxy) is 1. The molecule has 1 aliphatic heterocycles. The van der Waals surface area contributed by atoms with Crippen LogP contribution in [-0.2, 0) is 47.5 Å². The molecule has 0 aliphatic carbocycles. The van der Waals surface area contributed by atoms with Crippen molar-refractivity contribution in [1.29, 1.82) is 0 Å². The minimum absolute atomic E-state index is 0.0525. The Morgan fingerprint density at radius 2 is 1.90 bits per heavy atom. The van der Waals surface area contributed by atoms with Gasteiger partial charge >= 0.3 is 16.4 Å². The molecule has 1 fully saturated rings. The third kappa shape index (κ3) is 8.83. The maximum absolute atomic E-state index is 13.3. The fraction of sp³-hybridized carbons (Fsp3) is 0.429. The Hall–Kier alpha value is -4.87. The number of nitrogen functional groups attached to an aromatic ring is 1. The van der Waals surface area contributed by atoms with E-state index < -0.39 is 58.2 Å². The summed E-state index contributed by atoms with van der Waals surface area (Å²) in [5.41, 5.74) is 17.4. The molecule has 9 N–H and O–H groups in total. The predicted octanol–water partition coefficient (Wildman–Crippen LogP) is -1.17. The fourth-order valence-electron chi connectivity index (χ4n) is 4.83. The fourth-order valence-corrected chi connectivity index (χ4v) is 5.83. The molecule has 1 saturated heterocycles. The van der Waals surface area contributed by atoms with Crippen molar-refractivity contribution in [1.82, 2.24) is 24.5 Å². The van der Waals surface area contributed by atoms with E-state index >= 15 is 0 Å². The highest BCUT2D eigenvalue weighted by molar-refractivity contribution is 7.80. The second kappa shape index (κ2) is 15.8. The van der Waals surface area contributed by atoms with Crippen LogP contribution in [-0.4, -0.2) is 105 Å². The summed E-state index contributed by atoms with van der Waals surface area (Å²) in [5.74, 6) is -3.17. The topological polar surface area (TPSA) is 294 Å². The van der Waals surface area contributed by atoms with Crippen molar-refractivity contribution < 1.29 is 46.3 Å². The first kappa shape index (κ1) is 37.9. The molecule has 0 saturated carbocycles. The first-order valence-electron chi connectivity index (χ1n) is 15.0. The monoisotopic (exact) mass is 738 g/mol. The van der Waals surface area contributed by atoms with Crippen LogP contribution in [0.2, 0.25) is 0 Å². The lowest BCUT2D eigenvalue weighted by Gasteiger charge is -2.50. The van der Waals surface area contributed by atoms with Gasteiger partial charge in [-0.1, -0.05) is 5.16 Å². The number of nitrogens with zero attached hydrogens (tertiary/aromatic N) is 6. The summed E-state index contributed by atoms with van der Waals surface area (Å²) in [4.78, 5) is 51.6. The standard InChI is InChI=1S/C28H38N10O10S2/c1-28(2)22(24(40)38(28)48-50(43,44)45)34-23(39)21(18-15-49-26(31)33-18)35-47-20(25(41)42)14-46-17-7-5-16(6-8-17)19-13-37(12-4-9-29)27(36(19)3)32-11-10-30/h5-8,13,15,20,22H,4,9-12,14,29-30H2,1-3H3,(H2,31,33)(H,34,39)(H,41,42)(H,43,44,45)/b32-27+,35-21?. The molecule has 2 unspecified atom stereocenters. The summed E-state index contributed by atoms with van der Waals surface area (Å²) >= 11 is 0.954. The molecule has 1 aliphatic rings. The number of hydrogen-bond acceptors (Lipinski definition) is 15. The van der Waals surface area contributed by atoms with Gasteiger partial charge < -0.3 is 46.3 Å². The molecule has 4 rings (SSSR count). The van der Waals surface area contributed by atoms with Crippen LogP contribution >= 0.6 is 11.3 Å². The molecule has 3 aromatic rings. The molecule has 2 amide bonds. The Balaban J connectivity index is 1.48. The number of carboxylic acid groups (broad SMARTS) is 1. The number of rotatable bonds is 17. The third-order valence-electron chi connectivity index (χ3n) is 7.38. The molecule has 2 aromatic heterocycles. The second-order valence-electron chi connectivity index (χ2n) is 11.4. The predicted molar refractivity (Wildman–Crippen MR) is 179 cm³/mol. The number of hydroxylamine groups is 2. The largest absolute Gasteiger partial charge is 0.489 e. The van der Waals surface area contributed by atoms with Crippen LogP contribution in [0.3, 0.4) is 0 Å². The van der Waals surface area contributed by atoms with Crippen molar-refractivity contribution in [2.45, 2.75) is 44.5 Å². The Labute approximate surface area is 290 Å². The minimum atomic E-state index is -5.03. The van der Waals surface area contributed by atoms with Crippen LogP contribution in [0.5, 0.6) is 5.75 Å². The Morgan fingerprint density at radius 3 is 2.46 bits per heavy atom. The van der Waals surface area contributed by atoms with Gasteiger partial charge in [-0.25, -0.2) is 9.78 Å². The molecule has 22 heteroatoms. The molecule has 20 nitrogen and oxygen atoms in total. The Kier molecular flexibility index (Phi) is 12.0. The lowest BCUT2D eigenvalue weighted by Crippen LogP contribution is -2.76. The van der Waals surface area contributed by atoms with Gasteiger partial charge in [0.05, 0.1) is 17.8 Å². The highest BCUT2D eigenvalue weighted by atomic mass is 32.3. The van der Waals surface area contributed by atoms with E-state index in [1.807, 2.05) is 22.4 Å². The number of imidazole rings is 1. The lowest BCUT2D eigenvalue weighted by atomic mass is 9.84. The van der Waals surface area contributed by atoms with Crippen LogP contribution in [0, 0.1) is 0 Å². The molecule has 2 atom stereocenters. The van der Waals surface area contributed by atoms with Gasteiger partial charge in [-0.3, -0.25) is 19.1 Å². The van der Waals surface area contributed by atoms with Crippen molar-refractivity contribution in [3.63, 3.8) is 0 Å². The Morgan fingerprint density at radius 1 is 1.20 bits per heavy atom. The summed E-state index contributed by atoms with van der Waals surface area (Å²) in [6, 6.07) is 5.54. The summed E-state index contributed by atoms with van der Waals surface area (Å²) in [5, 5.41) is 17.7. The van der Waals surface area contributed by atoms with Gasteiger partial charge in [0.15, 0.2) is 10.8 Å². The van der Waals surface area contributed by atoms with E-state index in [-0.39, 0.29) is 10.8 Å². The van der Waals surface area contributed by atoms with Crippen molar-refractivity contribution in [2.75, 3.05) is 32.0 Å². The van der Waals surface area contributed by atoms with Gasteiger partial charge in [0.2, 0.25) is 5.62 Å². The van der Waals surface area contributed by atoms with Gasteiger partial charge in [-0.15, -0.1) is 15.6 Å². The van der Waals surface area contributed by atoms with Crippen molar-refractivity contribution in [3.05, 3.63) is 47.2 Å². The van der Waals surface area contributed by atoms with E-state index in [4.69, 9.17) is 31.3 Å². The summed E-state index contributed by atoms with van der Waals surface area (Å²) in [7, 11) is -3.14. The summed E-state index contributed by atoms with van der Waals surface area (Å²) in [6.07, 6.45) is 1.02. The number of oxime groups is 1. The third-order valence-corrected chi connectivity index (χ3v) is 8.39. The van der Waals surface area contributed by atoms with E-state index in [1.54, 1.807) is 24.3 Å². The van der Waals surface area contributed by atoms with Crippen molar-refractivity contribution in [2.24, 2.45) is 28.7 Å². The molecule has 272 valence electrons. The maximum atomic E-state index is 13.3. The summed E-state index contributed by atoms with van der Waals surface area (Å²) in [6.45, 7) is 4.26. The average molecular weight is 739 g/mol. The molecule has 0 bridgehead atoms. The number of aryl methyl sites for hydroxylation is 1. The van der Waals surface area contributed by atoms with Gasteiger partial charge in [0.25, 0.3) is 17.9 Å². The number of benzene rings is 1. The molecular formula is C28H38N10O10S2. The molecular weight excluding hydrogens is 701 g/mol. The number of nitrogens with one attached hydrogen (secondary N) is 1. The number of aliphatic carboxylic acids is 1. The number of carbonyl (C=O) groups excluding carboxylic acids is 2. The molecule has 0 radical (unpaired) electrons. The van der Waals surface area contributed by atoms with E-state index in [0.717, 1.165) is 34.6 Å². The van der Waals surface area contributed by atoms with Crippen LogP contribution in [0.15, 0.2) is 46.0 Å².